The van der Waals surface area contributed by atoms with Gasteiger partial charge in [0, 0.05) is 17.6 Å². The highest BCUT2D eigenvalue weighted by Gasteiger charge is 2.41. The van der Waals surface area contributed by atoms with Crippen LogP contribution in [0.5, 0.6) is 0 Å². The maximum Gasteiger partial charge on any atom is 0.238 e. The second-order valence-corrected chi connectivity index (χ2v) is 5.96. The zero-order valence-electron chi connectivity index (χ0n) is 10.8. The van der Waals surface area contributed by atoms with E-state index in [0.29, 0.717) is 6.54 Å². The van der Waals surface area contributed by atoms with Crippen LogP contribution in [-0.2, 0) is 4.79 Å². The maximum absolute atomic E-state index is 11.8. The normalized spacial score (nSPS) is 16.1. The van der Waals surface area contributed by atoms with E-state index in [-0.39, 0.29) is 17.9 Å². The fraction of sp³-hybridized carbons (Fsp3) is 0.500. The van der Waals surface area contributed by atoms with Crippen LogP contribution in [0.3, 0.4) is 0 Å². The third-order valence-corrected chi connectivity index (χ3v) is 4.22. The molecule has 4 nitrogen and oxygen atoms in total. The number of aliphatic hydroxyl groups is 1. The number of hydrogen-bond acceptors (Lipinski definition) is 3. The van der Waals surface area contributed by atoms with Gasteiger partial charge in [0.2, 0.25) is 5.91 Å². The molecule has 0 saturated heterocycles. The number of halogens is 1. The molecule has 1 aromatic carbocycles. The Morgan fingerprint density at radius 3 is 2.74 bits per heavy atom. The summed E-state index contributed by atoms with van der Waals surface area (Å²) < 4.78 is 0.877. The molecule has 1 aliphatic carbocycles. The number of benzene rings is 1. The Morgan fingerprint density at radius 1 is 1.37 bits per heavy atom. The second kappa shape index (κ2) is 6.50. The molecule has 0 atom stereocenters. The highest BCUT2D eigenvalue weighted by Crippen LogP contribution is 2.47. The lowest BCUT2D eigenvalue weighted by Gasteiger charge is -2.14. The second-order valence-electron chi connectivity index (χ2n) is 5.11. The summed E-state index contributed by atoms with van der Waals surface area (Å²) in [6.45, 7) is 1.33. The number of para-hydroxylation sites is 1. The van der Waals surface area contributed by atoms with E-state index in [1.807, 2.05) is 24.3 Å². The molecular formula is C14H19BrN2O2. The lowest BCUT2D eigenvalue weighted by atomic mass is 10.0. The predicted octanol–water partition coefficient (Wildman–Crippen LogP) is 2.14. The highest BCUT2D eigenvalue weighted by atomic mass is 79.9. The minimum Gasteiger partial charge on any atom is -0.396 e. The van der Waals surface area contributed by atoms with Gasteiger partial charge in [0.25, 0.3) is 0 Å². The molecule has 0 unspecified atom stereocenters. The summed E-state index contributed by atoms with van der Waals surface area (Å²) in [6.07, 6.45) is 3.12. The molecule has 0 aliphatic heterocycles. The first-order chi connectivity index (χ1) is 9.15. The molecule has 2 rings (SSSR count). The third-order valence-electron chi connectivity index (χ3n) is 3.53. The zero-order chi connectivity index (χ0) is 13.7. The summed E-state index contributed by atoms with van der Waals surface area (Å²) in [5.74, 6) is -0.0494. The lowest BCUT2D eigenvalue weighted by molar-refractivity contribution is -0.115. The Hall–Kier alpha value is -0.910. The molecule has 104 valence electrons. The van der Waals surface area contributed by atoms with Crippen LogP contribution in [0.2, 0.25) is 0 Å². The summed E-state index contributed by atoms with van der Waals surface area (Å²) in [4.78, 5) is 11.8. The van der Waals surface area contributed by atoms with Gasteiger partial charge in [0.05, 0.1) is 12.2 Å². The lowest BCUT2D eigenvalue weighted by Crippen LogP contribution is -2.32. The van der Waals surface area contributed by atoms with E-state index in [9.17, 15) is 4.79 Å². The zero-order valence-corrected chi connectivity index (χ0v) is 12.4. The molecule has 1 saturated carbocycles. The molecule has 5 heteroatoms. The molecular weight excluding hydrogens is 308 g/mol. The minimum absolute atomic E-state index is 0.0494. The molecule has 0 radical (unpaired) electrons. The Kier molecular flexibility index (Phi) is 4.96. The van der Waals surface area contributed by atoms with E-state index >= 15 is 0 Å². The van der Waals surface area contributed by atoms with Gasteiger partial charge in [-0.2, -0.15) is 0 Å². The van der Waals surface area contributed by atoms with Gasteiger partial charge in [0.1, 0.15) is 0 Å². The minimum atomic E-state index is -0.0494. The maximum atomic E-state index is 11.8. The van der Waals surface area contributed by atoms with E-state index in [2.05, 4.69) is 26.6 Å². The van der Waals surface area contributed by atoms with Crippen LogP contribution in [0.25, 0.3) is 0 Å². The molecule has 0 bridgehead atoms. The average Bonchev–Trinajstić information content (AvgIpc) is 3.13. The van der Waals surface area contributed by atoms with Crippen LogP contribution in [-0.4, -0.2) is 30.7 Å². The van der Waals surface area contributed by atoms with Gasteiger partial charge in [0.15, 0.2) is 0 Å². The van der Waals surface area contributed by atoms with E-state index in [4.69, 9.17) is 5.11 Å². The van der Waals surface area contributed by atoms with Crippen molar-refractivity contribution in [2.24, 2.45) is 5.41 Å². The van der Waals surface area contributed by atoms with Crippen LogP contribution >= 0.6 is 15.9 Å². The van der Waals surface area contributed by atoms with Gasteiger partial charge in [-0.05, 0) is 52.7 Å². The molecule has 19 heavy (non-hydrogen) atoms. The number of hydrogen-bond donors (Lipinski definition) is 3. The molecule has 3 N–H and O–H groups in total. The molecule has 0 heterocycles. The van der Waals surface area contributed by atoms with Gasteiger partial charge in [-0.3, -0.25) is 4.79 Å². The van der Waals surface area contributed by atoms with E-state index < -0.39 is 0 Å². The molecule has 0 spiro atoms. The first kappa shape index (κ1) is 14.5. The van der Waals surface area contributed by atoms with Crippen LogP contribution in [0.15, 0.2) is 28.7 Å². The number of amides is 1. The van der Waals surface area contributed by atoms with Crippen molar-refractivity contribution in [2.75, 3.05) is 25.0 Å². The predicted molar refractivity (Wildman–Crippen MR) is 79.0 cm³/mol. The molecule has 1 aromatic rings. The molecule has 1 amide bonds. The summed E-state index contributed by atoms with van der Waals surface area (Å²) in [7, 11) is 0. The number of anilines is 1. The number of carbonyl (C=O) groups is 1. The smallest absolute Gasteiger partial charge is 0.238 e. The van der Waals surface area contributed by atoms with Crippen LogP contribution in [0, 0.1) is 5.41 Å². The van der Waals surface area contributed by atoms with Crippen LogP contribution in [0.1, 0.15) is 19.3 Å². The van der Waals surface area contributed by atoms with Gasteiger partial charge >= 0.3 is 0 Å². The first-order valence-electron chi connectivity index (χ1n) is 6.51. The monoisotopic (exact) mass is 326 g/mol. The van der Waals surface area contributed by atoms with Crippen molar-refractivity contribution < 1.29 is 9.90 Å². The third kappa shape index (κ3) is 4.30. The summed E-state index contributed by atoms with van der Waals surface area (Å²) in [5.41, 5.74) is 1.02. The Balaban J connectivity index is 1.72. The van der Waals surface area contributed by atoms with Crippen molar-refractivity contribution in [3.05, 3.63) is 28.7 Å². The quantitative estimate of drug-likeness (QED) is 0.719. The summed E-state index contributed by atoms with van der Waals surface area (Å²) in [5, 5.41) is 15.0. The van der Waals surface area contributed by atoms with Gasteiger partial charge in [-0.15, -0.1) is 0 Å². The Morgan fingerprint density at radius 2 is 2.11 bits per heavy atom. The van der Waals surface area contributed by atoms with Crippen molar-refractivity contribution in [2.45, 2.75) is 19.3 Å². The largest absolute Gasteiger partial charge is 0.396 e. The van der Waals surface area contributed by atoms with Crippen molar-refractivity contribution in [1.29, 1.82) is 0 Å². The van der Waals surface area contributed by atoms with Crippen molar-refractivity contribution in [3.63, 3.8) is 0 Å². The first-order valence-corrected chi connectivity index (χ1v) is 7.30. The van der Waals surface area contributed by atoms with Crippen LogP contribution in [0.4, 0.5) is 5.69 Å². The SMILES string of the molecule is O=C(CNCC1(CCO)CC1)Nc1ccccc1Br. The molecule has 0 aromatic heterocycles. The highest BCUT2D eigenvalue weighted by molar-refractivity contribution is 9.10. The van der Waals surface area contributed by atoms with Crippen molar-refractivity contribution in [1.82, 2.24) is 5.32 Å². The summed E-state index contributed by atoms with van der Waals surface area (Å²) >= 11 is 3.39. The molecule has 1 aliphatic rings. The van der Waals surface area contributed by atoms with Crippen molar-refractivity contribution in [3.8, 4) is 0 Å². The Labute approximate surface area is 121 Å². The fourth-order valence-electron chi connectivity index (χ4n) is 2.13. The van der Waals surface area contributed by atoms with E-state index in [1.54, 1.807) is 0 Å². The van der Waals surface area contributed by atoms with Crippen molar-refractivity contribution >= 4 is 27.5 Å². The number of nitrogens with one attached hydrogen (secondary N) is 2. The number of rotatable bonds is 7. The number of carbonyl (C=O) groups excluding carboxylic acids is 1. The van der Waals surface area contributed by atoms with Gasteiger partial charge in [-0.1, -0.05) is 12.1 Å². The average molecular weight is 327 g/mol. The molecule has 1 fully saturated rings. The van der Waals surface area contributed by atoms with E-state index in [0.717, 1.165) is 36.0 Å². The Bertz CT molecular complexity index is 447. The van der Waals surface area contributed by atoms with Gasteiger partial charge in [-0.25, -0.2) is 0 Å². The standard InChI is InChI=1S/C14H19BrN2O2/c15-11-3-1-2-4-12(11)17-13(19)9-16-10-14(5-6-14)7-8-18/h1-4,16,18H,5-10H2,(H,17,19). The topological polar surface area (TPSA) is 61.4 Å². The fourth-order valence-corrected chi connectivity index (χ4v) is 2.51. The number of aliphatic hydroxyl groups excluding tert-OH is 1. The van der Waals surface area contributed by atoms with Crippen LogP contribution < -0.4 is 10.6 Å². The summed E-state index contributed by atoms with van der Waals surface area (Å²) in [6, 6.07) is 7.54. The van der Waals surface area contributed by atoms with Gasteiger partial charge < -0.3 is 15.7 Å². The van der Waals surface area contributed by atoms with E-state index in [1.165, 1.54) is 0 Å².